The van der Waals surface area contributed by atoms with Crippen molar-refractivity contribution in [1.29, 1.82) is 0 Å². The first-order valence-corrected chi connectivity index (χ1v) is 6.55. The summed E-state index contributed by atoms with van der Waals surface area (Å²) in [6.07, 6.45) is 0. The summed E-state index contributed by atoms with van der Waals surface area (Å²) in [6.45, 7) is 0. The molecule has 4 nitrogen and oxygen atoms in total. The standard InChI is InChI=1S/C13H9Cl3N2O2/c14-9-5-11(16)12(6-10(9)15)20-8-3-1-7(2-4-8)13(17)18-19/h1-6,19H,(H2,17,18). The lowest BCUT2D eigenvalue weighted by molar-refractivity contribution is 0.318. The third-order valence-corrected chi connectivity index (χ3v) is 3.48. The second-order valence-electron chi connectivity index (χ2n) is 3.81. The zero-order chi connectivity index (χ0) is 14.7. The van der Waals surface area contributed by atoms with Crippen LogP contribution < -0.4 is 10.5 Å². The van der Waals surface area contributed by atoms with E-state index < -0.39 is 0 Å². The SMILES string of the molecule is N/C(=N\O)c1ccc(Oc2cc(Cl)c(Cl)cc2Cl)cc1. The molecule has 0 fully saturated rings. The molecule has 7 heteroatoms. The summed E-state index contributed by atoms with van der Waals surface area (Å²) in [4.78, 5) is 0. The molecule has 2 aromatic rings. The largest absolute Gasteiger partial charge is 0.456 e. The molecule has 0 aromatic heterocycles. The highest BCUT2D eigenvalue weighted by Gasteiger charge is 2.08. The van der Waals surface area contributed by atoms with Gasteiger partial charge in [0.25, 0.3) is 0 Å². The molecular formula is C13H9Cl3N2O2. The Labute approximate surface area is 130 Å². The van der Waals surface area contributed by atoms with Gasteiger partial charge in [-0.2, -0.15) is 0 Å². The van der Waals surface area contributed by atoms with Crippen molar-refractivity contribution in [3.8, 4) is 11.5 Å². The summed E-state index contributed by atoms with van der Waals surface area (Å²) >= 11 is 17.8. The molecule has 104 valence electrons. The number of halogens is 3. The highest BCUT2D eigenvalue weighted by Crippen LogP contribution is 2.36. The summed E-state index contributed by atoms with van der Waals surface area (Å²) in [6, 6.07) is 9.65. The molecule has 0 aliphatic rings. The van der Waals surface area contributed by atoms with Crippen molar-refractivity contribution in [3.63, 3.8) is 0 Å². The van der Waals surface area contributed by atoms with Crippen LogP contribution in [0.4, 0.5) is 0 Å². The van der Waals surface area contributed by atoms with E-state index in [9.17, 15) is 0 Å². The minimum absolute atomic E-state index is 0.0177. The van der Waals surface area contributed by atoms with E-state index in [0.717, 1.165) is 0 Å². The van der Waals surface area contributed by atoms with Gasteiger partial charge in [-0.25, -0.2) is 0 Å². The van der Waals surface area contributed by atoms with E-state index >= 15 is 0 Å². The van der Waals surface area contributed by atoms with Crippen molar-refractivity contribution in [2.45, 2.75) is 0 Å². The first kappa shape index (κ1) is 14.8. The van der Waals surface area contributed by atoms with Crippen molar-refractivity contribution in [3.05, 3.63) is 57.0 Å². The molecular weight excluding hydrogens is 323 g/mol. The molecule has 0 bridgehead atoms. The van der Waals surface area contributed by atoms with Gasteiger partial charge >= 0.3 is 0 Å². The molecule has 0 amide bonds. The lowest BCUT2D eigenvalue weighted by Gasteiger charge is -2.09. The van der Waals surface area contributed by atoms with Gasteiger partial charge in [0.15, 0.2) is 5.84 Å². The van der Waals surface area contributed by atoms with Gasteiger partial charge < -0.3 is 15.7 Å². The summed E-state index contributed by atoms with van der Waals surface area (Å²) in [5.74, 6) is 0.932. The molecule has 0 aliphatic heterocycles. The van der Waals surface area contributed by atoms with Crippen molar-refractivity contribution in [2.75, 3.05) is 0 Å². The van der Waals surface area contributed by atoms with Gasteiger partial charge in [0.1, 0.15) is 11.5 Å². The van der Waals surface area contributed by atoms with Gasteiger partial charge in [0, 0.05) is 11.6 Å². The van der Waals surface area contributed by atoms with E-state index in [0.29, 0.717) is 32.1 Å². The fraction of sp³-hybridized carbons (Fsp3) is 0. The minimum atomic E-state index is 0.0177. The maximum absolute atomic E-state index is 8.57. The van der Waals surface area contributed by atoms with E-state index in [2.05, 4.69) is 5.16 Å². The first-order chi connectivity index (χ1) is 9.51. The van der Waals surface area contributed by atoms with Crippen molar-refractivity contribution in [2.24, 2.45) is 10.9 Å². The van der Waals surface area contributed by atoms with Crippen molar-refractivity contribution >= 4 is 40.6 Å². The van der Waals surface area contributed by atoms with Crippen LogP contribution in [0, 0.1) is 0 Å². The fourth-order valence-corrected chi connectivity index (χ4v) is 2.04. The van der Waals surface area contributed by atoms with Gasteiger partial charge in [0.2, 0.25) is 0 Å². The number of rotatable bonds is 3. The van der Waals surface area contributed by atoms with E-state index in [1.54, 1.807) is 24.3 Å². The third-order valence-electron chi connectivity index (χ3n) is 2.46. The lowest BCUT2D eigenvalue weighted by atomic mass is 10.2. The molecule has 0 heterocycles. The van der Waals surface area contributed by atoms with Crippen LogP contribution in [0.2, 0.25) is 15.1 Å². The Morgan fingerprint density at radius 3 is 2.20 bits per heavy atom. The number of hydrogen-bond donors (Lipinski definition) is 2. The van der Waals surface area contributed by atoms with E-state index in [1.807, 2.05) is 0 Å². The predicted molar refractivity (Wildman–Crippen MR) is 80.5 cm³/mol. The van der Waals surface area contributed by atoms with E-state index in [-0.39, 0.29) is 5.84 Å². The Morgan fingerprint density at radius 1 is 1.00 bits per heavy atom. The number of benzene rings is 2. The van der Waals surface area contributed by atoms with Gasteiger partial charge in [-0.15, -0.1) is 0 Å². The number of amidine groups is 1. The second-order valence-corrected chi connectivity index (χ2v) is 5.03. The third kappa shape index (κ3) is 3.28. The van der Waals surface area contributed by atoms with Crippen LogP contribution in [0.15, 0.2) is 41.6 Å². The second kappa shape index (κ2) is 6.22. The minimum Gasteiger partial charge on any atom is -0.456 e. The summed E-state index contributed by atoms with van der Waals surface area (Å²) in [5.41, 5.74) is 6.03. The van der Waals surface area contributed by atoms with E-state index in [4.69, 9.17) is 50.5 Å². The van der Waals surface area contributed by atoms with Crippen molar-refractivity contribution in [1.82, 2.24) is 0 Å². The maximum atomic E-state index is 8.57. The van der Waals surface area contributed by atoms with Crippen LogP contribution in [0.5, 0.6) is 11.5 Å². The molecule has 2 aromatic carbocycles. The van der Waals surface area contributed by atoms with Crippen LogP contribution in [0.1, 0.15) is 5.56 Å². The normalized spacial score (nSPS) is 11.4. The van der Waals surface area contributed by atoms with Gasteiger partial charge in [0.05, 0.1) is 15.1 Å². The number of nitrogens with zero attached hydrogens (tertiary/aromatic N) is 1. The Bertz CT molecular complexity index is 657. The van der Waals surface area contributed by atoms with Crippen LogP contribution in [-0.4, -0.2) is 11.0 Å². The average molecular weight is 332 g/mol. The zero-order valence-electron chi connectivity index (χ0n) is 9.98. The molecule has 0 saturated heterocycles. The number of ether oxygens (including phenoxy) is 1. The monoisotopic (exact) mass is 330 g/mol. The van der Waals surface area contributed by atoms with Crippen LogP contribution in [-0.2, 0) is 0 Å². The Balaban J connectivity index is 2.24. The summed E-state index contributed by atoms with van der Waals surface area (Å²) in [7, 11) is 0. The average Bonchev–Trinajstić information content (AvgIpc) is 2.44. The van der Waals surface area contributed by atoms with Gasteiger partial charge in [-0.3, -0.25) is 0 Å². The highest BCUT2D eigenvalue weighted by molar-refractivity contribution is 6.43. The summed E-state index contributed by atoms with van der Waals surface area (Å²) < 4.78 is 5.60. The van der Waals surface area contributed by atoms with Gasteiger partial charge in [-0.05, 0) is 30.3 Å². The molecule has 2 rings (SSSR count). The molecule has 3 N–H and O–H groups in total. The maximum Gasteiger partial charge on any atom is 0.170 e. The number of hydrogen-bond acceptors (Lipinski definition) is 3. The van der Waals surface area contributed by atoms with Crippen LogP contribution >= 0.6 is 34.8 Å². The molecule has 0 aliphatic carbocycles. The molecule has 0 unspecified atom stereocenters. The van der Waals surface area contributed by atoms with Crippen LogP contribution in [0.3, 0.4) is 0 Å². The highest BCUT2D eigenvalue weighted by atomic mass is 35.5. The van der Waals surface area contributed by atoms with Gasteiger partial charge in [-0.1, -0.05) is 40.0 Å². The molecule has 0 saturated carbocycles. The molecule has 0 radical (unpaired) electrons. The first-order valence-electron chi connectivity index (χ1n) is 5.41. The lowest BCUT2D eigenvalue weighted by Crippen LogP contribution is -2.12. The summed E-state index contributed by atoms with van der Waals surface area (Å²) in [5, 5.41) is 12.5. The molecule has 0 spiro atoms. The smallest absolute Gasteiger partial charge is 0.170 e. The fourth-order valence-electron chi connectivity index (χ4n) is 1.46. The Kier molecular flexibility index (Phi) is 4.60. The topological polar surface area (TPSA) is 67.8 Å². The quantitative estimate of drug-likeness (QED) is 0.285. The van der Waals surface area contributed by atoms with Crippen molar-refractivity contribution < 1.29 is 9.94 Å². The number of nitrogens with two attached hydrogens (primary N) is 1. The molecule has 20 heavy (non-hydrogen) atoms. The predicted octanol–water partition coefficient (Wildman–Crippen LogP) is 4.53. The zero-order valence-corrected chi connectivity index (χ0v) is 12.2. The number of oxime groups is 1. The van der Waals surface area contributed by atoms with E-state index in [1.165, 1.54) is 12.1 Å². The molecule has 0 atom stereocenters. The van der Waals surface area contributed by atoms with Crippen LogP contribution in [0.25, 0.3) is 0 Å². The Morgan fingerprint density at radius 2 is 1.60 bits per heavy atom. The Hall–Kier alpha value is -1.62.